The van der Waals surface area contributed by atoms with Crippen molar-refractivity contribution in [2.75, 3.05) is 0 Å². The molecular formula is C15H16BrNS. The number of rotatable bonds is 4. The van der Waals surface area contributed by atoms with Crippen molar-refractivity contribution in [3.05, 3.63) is 58.6 Å². The molecule has 0 aliphatic carbocycles. The first-order valence-electron chi connectivity index (χ1n) is 5.98. The molecule has 0 aliphatic rings. The highest BCUT2D eigenvalue weighted by Gasteiger charge is 2.09. The van der Waals surface area contributed by atoms with Crippen LogP contribution in [0.1, 0.15) is 24.9 Å². The number of nitrogens with two attached hydrogens (primary N) is 1. The van der Waals surface area contributed by atoms with Crippen LogP contribution >= 0.6 is 27.7 Å². The van der Waals surface area contributed by atoms with Crippen LogP contribution in [0.5, 0.6) is 0 Å². The quantitative estimate of drug-likeness (QED) is 0.856. The molecule has 0 heterocycles. The van der Waals surface area contributed by atoms with Crippen LogP contribution in [0.2, 0.25) is 0 Å². The third-order valence-corrected chi connectivity index (χ3v) is 4.36. The van der Waals surface area contributed by atoms with Crippen LogP contribution in [0.15, 0.2) is 62.8 Å². The Morgan fingerprint density at radius 3 is 2.67 bits per heavy atom. The van der Waals surface area contributed by atoms with Gasteiger partial charge in [-0.3, -0.25) is 0 Å². The van der Waals surface area contributed by atoms with Gasteiger partial charge in [-0.05, 0) is 36.2 Å². The summed E-state index contributed by atoms with van der Waals surface area (Å²) < 4.78 is 1.10. The van der Waals surface area contributed by atoms with Crippen molar-refractivity contribution in [1.29, 1.82) is 0 Å². The van der Waals surface area contributed by atoms with E-state index in [1.54, 1.807) is 11.8 Å². The van der Waals surface area contributed by atoms with E-state index in [-0.39, 0.29) is 6.04 Å². The fourth-order valence-electron chi connectivity index (χ4n) is 1.76. The van der Waals surface area contributed by atoms with Gasteiger partial charge in [0.2, 0.25) is 0 Å². The third kappa shape index (κ3) is 3.37. The van der Waals surface area contributed by atoms with E-state index in [4.69, 9.17) is 5.73 Å². The number of halogens is 1. The van der Waals surface area contributed by atoms with Crippen LogP contribution in [0.25, 0.3) is 0 Å². The van der Waals surface area contributed by atoms with Gasteiger partial charge in [-0.15, -0.1) is 0 Å². The van der Waals surface area contributed by atoms with Gasteiger partial charge in [0.25, 0.3) is 0 Å². The summed E-state index contributed by atoms with van der Waals surface area (Å²) in [5, 5.41) is 0. The van der Waals surface area contributed by atoms with E-state index in [1.165, 1.54) is 15.4 Å². The average molecular weight is 322 g/mol. The second kappa shape index (κ2) is 6.41. The summed E-state index contributed by atoms with van der Waals surface area (Å²) in [5.41, 5.74) is 7.38. The van der Waals surface area contributed by atoms with Gasteiger partial charge >= 0.3 is 0 Å². The molecule has 0 aromatic heterocycles. The summed E-state index contributed by atoms with van der Waals surface area (Å²) in [5.74, 6) is 0. The Morgan fingerprint density at radius 1 is 1.17 bits per heavy atom. The monoisotopic (exact) mass is 321 g/mol. The predicted octanol–water partition coefficient (Wildman–Crippen LogP) is 5.01. The van der Waals surface area contributed by atoms with Crippen LogP contribution in [-0.2, 0) is 0 Å². The van der Waals surface area contributed by atoms with Crippen molar-refractivity contribution < 1.29 is 0 Å². The van der Waals surface area contributed by atoms with Crippen LogP contribution in [-0.4, -0.2) is 0 Å². The zero-order chi connectivity index (χ0) is 13.0. The van der Waals surface area contributed by atoms with Crippen molar-refractivity contribution in [3.63, 3.8) is 0 Å². The number of benzene rings is 2. The summed E-state index contributed by atoms with van der Waals surface area (Å²) in [6.45, 7) is 2.12. The smallest absolute Gasteiger partial charge is 0.0303 e. The maximum absolute atomic E-state index is 6.16. The first kappa shape index (κ1) is 13.7. The normalized spacial score (nSPS) is 12.4. The largest absolute Gasteiger partial charge is 0.324 e. The Hall–Kier alpha value is -0.770. The van der Waals surface area contributed by atoms with Crippen LogP contribution < -0.4 is 5.73 Å². The zero-order valence-electron chi connectivity index (χ0n) is 10.3. The fourth-order valence-corrected chi connectivity index (χ4v) is 3.38. The molecular weight excluding hydrogens is 306 g/mol. The SMILES string of the molecule is CCC(N)c1ccccc1Sc1cccc(Br)c1. The minimum atomic E-state index is 0.112. The molecule has 94 valence electrons. The zero-order valence-corrected chi connectivity index (χ0v) is 12.7. The lowest BCUT2D eigenvalue weighted by atomic mass is 10.1. The van der Waals surface area contributed by atoms with E-state index >= 15 is 0 Å². The molecule has 0 radical (unpaired) electrons. The molecule has 1 nitrogen and oxygen atoms in total. The van der Waals surface area contributed by atoms with E-state index in [0.29, 0.717) is 0 Å². The van der Waals surface area contributed by atoms with E-state index in [0.717, 1.165) is 10.9 Å². The molecule has 3 heteroatoms. The summed E-state index contributed by atoms with van der Waals surface area (Å²) in [4.78, 5) is 2.46. The standard InChI is InChI=1S/C15H16BrNS/c1-2-14(17)13-8-3-4-9-15(13)18-12-7-5-6-11(16)10-12/h3-10,14H,2,17H2,1H3. The van der Waals surface area contributed by atoms with Gasteiger partial charge in [0.1, 0.15) is 0 Å². The average Bonchev–Trinajstić information content (AvgIpc) is 2.38. The topological polar surface area (TPSA) is 26.0 Å². The molecule has 18 heavy (non-hydrogen) atoms. The third-order valence-electron chi connectivity index (χ3n) is 2.78. The van der Waals surface area contributed by atoms with E-state index in [1.807, 2.05) is 6.07 Å². The number of hydrogen-bond donors (Lipinski definition) is 1. The maximum Gasteiger partial charge on any atom is 0.0303 e. The van der Waals surface area contributed by atoms with E-state index < -0.39 is 0 Å². The van der Waals surface area contributed by atoms with Crippen LogP contribution in [0, 0.1) is 0 Å². The Kier molecular flexibility index (Phi) is 4.87. The van der Waals surface area contributed by atoms with Gasteiger partial charge in [0.05, 0.1) is 0 Å². The summed E-state index contributed by atoms with van der Waals surface area (Å²) in [6, 6.07) is 16.8. The lowest BCUT2D eigenvalue weighted by molar-refractivity contribution is 0.685. The first-order chi connectivity index (χ1) is 8.70. The van der Waals surface area contributed by atoms with Crippen molar-refractivity contribution in [2.45, 2.75) is 29.2 Å². The molecule has 0 amide bonds. The molecule has 1 atom stereocenters. The first-order valence-corrected chi connectivity index (χ1v) is 7.59. The molecule has 0 bridgehead atoms. The van der Waals surface area contributed by atoms with Crippen molar-refractivity contribution in [1.82, 2.24) is 0 Å². The van der Waals surface area contributed by atoms with Crippen molar-refractivity contribution >= 4 is 27.7 Å². The molecule has 0 saturated heterocycles. The van der Waals surface area contributed by atoms with E-state index in [2.05, 4.69) is 65.3 Å². The van der Waals surface area contributed by atoms with Crippen LogP contribution in [0.3, 0.4) is 0 Å². The molecule has 0 aliphatic heterocycles. The summed E-state index contributed by atoms with van der Waals surface area (Å²) >= 11 is 5.26. The second-order valence-electron chi connectivity index (χ2n) is 4.11. The Bertz CT molecular complexity index is 527. The molecule has 0 fully saturated rings. The Labute approximate surface area is 121 Å². The summed E-state index contributed by atoms with van der Waals surface area (Å²) in [7, 11) is 0. The summed E-state index contributed by atoms with van der Waals surface area (Å²) in [6.07, 6.45) is 0.954. The molecule has 2 rings (SSSR count). The van der Waals surface area contributed by atoms with Gasteiger partial charge < -0.3 is 5.73 Å². The maximum atomic E-state index is 6.16. The van der Waals surface area contributed by atoms with Gasteiger partial charge in [0.15, 0.2) is 0 Å². The highest BCUT2D eigenvalue weighted by molar-refractivity contribution is 9.10. The molecule has 2 N–H and O–H groups in total. The van der Waals surface area contributed by atoms with E-state index in [9.17, 15) is 0 Å². The second-order valence-corrected chi connectivity index (χ2v) is 6.14. The fraction of sp³-hybridized carbons (Fsp3) is 0.200. The van der Waals surface area contributed by atoms with Gasteiger partial charge in [-0.1, -0.05) is 58.9 Å². The number of hydrogen-bond acceptors (Lipinski definition) is 2. The minimum absolute atomic E-state index is 0.112. The van der Waals surface area contributed by atoms with Gasteiger partial charge in [0, 0.05) is 20.3 Å². The van der Waals surface area contributed by atoms with Crippen molar-refractivity contribution in [2.24, 2.45) is 5.73 Å². The lowest BCUT2D eigenvalue weighted by Crippen LogP contribution is -2.09. The predicted molar refractivity (Wildman–Crippen MR) is 81.9 cm³/mol. The molecule has 2 aromatic carbocycles. The van der Waals surface area contributed by atoms with Crippen molar-refractivity contribution in [3.8, 4) is 0 Å². The van der Waals surface area contributed by atoms with Crippen LogP contribution in [0.4, 0.5) is 0 Å². The van der Waals surface area contributed by atoms with Gasteiger partial charge in [-0.25, -0.2) is 0 Å². The lowest BCUT2D eigenvalue weighted by Gasteiger charge is -2.14. The Morgan fingerprint density at radius 2 is 1.94 bits per heavy atom. The highest BCUT2D eigenvalue weighted by Crippen LogP contribution is 2.34. The Balaban J connectivity index is 2.29. The molecule has 2 aromatic rings. The van der Waals surface area contributed by atoms with Gasteiger partial charge in [-0.2, -0.15) is 0 Å². The highest BCUT2D eigenvalue weighted by atomic mass is 79.9. The molecule has 1 unspecified atom stereocenters. The molecule has 0 spiro atoms. The molecule has 0 saturated carbocycles. The minimum Gasteiger partial charge on any atom is -0.324 e.